The van der Waals surface area contributed by atoms with Crippen LogP contribution in [0.2, 0.25) is 0 Å². The van der Waals surface area contributed by atoms with Crippen molar-refractivity contribution in [3.63, 3.8) is 0 Å². The molecule has 142 valence electrons. The summed E-state index contributed by atoms with van der Waals surface area (Å²) in [7, 11) is -3.46. The molecule has 0 spiro atoms. The molecule has 0 saturated carbocycles. The highest BCUT2D eigenvalue weighted by Crippen LogP contribution is 2.10. The van der Waals surface area contributed by atoms with Gasteiger partial charge in [0.05, 0.1) is 10.9 Å². The number of halogens is 1. The molecule has 6 nitrogen and oxygen atoms in total. The molecule has 0 saturated heterocycles. The first-order chi connectivity index (χ1) is 11.9. The van der Waals surface area contributed by atoms with Gasteiger partial charge in [0.1, 0.15) is 0 Å². The highest BCUT2D eigenvalue weighted by molar-refractivity contribution is 7.89. The lowest BCUT2D eigenvalue weighted by Crippen LogP contribution is -2.41. The van der Waals surface area contributed by atoms with Gasteiger partial charge in [-0.05, 0) is 29.7 Å². The second kappa shape index (κ2) is 10.3. The van der Waals surface area contributed by atoms with E-state index in [-0.39, 0.29) is 23.2 Å². The van der Waals surface area contributed by atoms with E-state index in [1.165, 1.54) is 12.1 Å². The fraction of sp³-hybridized carbons (Fsp3) is 0.278. The number of nitrogens with one attached hydrogen (secondary N) is 2. The van der Waals surface area contributed by atoms with Crippen molar-refractivity contribution >= 4 is 28.3 Å². The molecular formula is C18H24ClN3O3S. The third-order valence-electron chi connectivity index (χ3n) is 3.67. The van der Waals surface area contributed by atoms with E-state index in [1.807, 2.05) is 30.3 Å². The molecule has 26 heavy (non-hydrogen) atoms. The molecule has 1 atom stereocenters. The summed E-state index contributed by atoms with van der Waals surface area (Å²) in [5.74, 6) is -0.242. The lowest BCUT2D eigenvalue weighted by molar-refractivity contribution is -0.122. The predicted molar refractivity (Wildman–Crippen MR) is 105 cm³/mol. The van der Waals surface area contributed by atoms with E-state index in [1.54, 1.807) is 19.1 Å². The van der Waals surface area contributed by atoms with Crippen LogP contribution in [0.3, 0.4) is 0 Å². The van der Waals surface area contributed by atoms with E-state index in [4.69, 9.17) is 5.73 Å². The third kappa shape index (κ3) is 6.42. The average molecular weight is 398 g/mol. The largest absolute Gasteiger partial charge is 0.351 e. The number of carbonyl (C=O) groups excluding carboxylic acids is 1. The van der Waals surface area contributed by atoms with Crippen LogP contribution in [-0.4, -0.2) is 26.9 Å². The maximum Gasteiger partial charge on any atom is 0.240 e. The summed E-state index contributed by atoms with van der Waals surface area (Å²) >= 11 is 0. The SMILES string of the molecule is CCNS(=O)(=O)c1ccc(CNC(=O)[C@@H](N)Cc2ccccc2)cc1.Cl. The summed E-state index contributed by atoms with van der Waals surface area (Å²) in [6, 6.07) is 15.3. The zero-order valence-corrected chi connectivity index (χ0v) is 16.1. The number of benzene rings is 2. The molecule has 0 unspecified atom stereocenters. The van der Waals surface area contributed by atoms with Crippen LogP contribution in [0.5, 0.6) is 0 Å². The van der Waals surface area contributed by atoms with Crippen molar-refractivity contribution in [3.05, 3.63) is 65.7 Å². The minimum atomic E-state index is -3.46. The van der Waals surface area contributed by atoms with Crippen LogP contribution in [0.1, 0.15) is 18.1 Å². The smallest absolute Gasteiger partial charge is 0.240 e. The summed E-state index contributed by atoms with van der Waals surface area (Å²) in [4.78, 5) is 12.3. The normalized spacial score (nSPS) is 12.1. The molecule has 4 N–H and O–H groups in total. The van der Waals surface area contributed by atoms with Crippen LogP contribution < -0.4 is 15.8 Å². The van der Waals surface area contributed by atoms with Crippen molar-refractivity contribution in [2.45, 2.75) is 30.8 Å². The van der Waals surface area contributed by atoms with E-state index in [2.05, 4.69) is 10.0 Å². The fourth-order valence-corrected chi connectivity index (χ4v) is 3.38. The van der Waals surface area contributed by atoms with Gasteiger partial charge in [0, 0.05) is 13.1 Å². The third-order valence-corrected chi connectivity index (χ3v) is 5.23. The first kappa shape index (κ1) is 22.1. The number of carbonyl (C=O) groups is 1. The Bertz CT molecular complexity index is 796. The van der Waals surface area contributed by atoms with Gasteiger partial charge in [-0.3, -0.25) is 4.79 Å². The molecule has 0 heterocycles. The Kier molecular flexibility index (Phi) is 8.74. The molecule has 8 heteroatoms. The molecule has 1 amide bonds. The Hall–Kier alpha value is -1.93. The highest BCUT2D eigenvalue weighted by atomic mass is 35.5. The van der Waals surface area contributed by atoms with Crippen LogP contribution in [0.25, 0.3) is 0 Å². The summed E-state index contributed by atoms with van der Waals surface area (Å²) in [5, 5.41) is 2.77. The second-order valence-corrected chi connectivity index (χ2v) is 7.43. The number of sulfonamides is 1. The number of hydrogen-bond acceptors (Lipinski definition) is 4. The molecule has 2 aromatic carbocycles. The minimum Gasteiger partial charge on any atom is -0.351 e. The topological polar surface area (TPSA) is 101 Å². The molecule has 0 aliphatic carbocycles. The molecule has 0 fully saturated rings. The Labute approximate surface area is 160 Å². The van der Waals surface area contributed by atoms with Gasteiger partial charge in [0.15, 0.2) is 0 Å². The van der Waals surface area contributed by atoms with Crippen LogP contribution in [-0.2, 0) is 27.8 Å². The van der Waals surface area contributed by atoms with E-state index in [0.29, 0.717) is 19.5 Å². The molecule has 0 bridgehead atoms. The van der Waals surface area contributed by atoms with Crippen LogP contribution in [0.15, 0.2) is 59.5 Å². The quantitative estimate of drug-likeness (QED) is 0.629. The van der Waals surface area contributed by atoms with Crippen molar-refractivity contribution in [3.8, 4) is 0 Å². The van der Waals surface area contributed by atoms with Crippen molar-refractivity contribution in [1.82, 2.24) is 10.0 Å². The predicted octanol–water partition coefficient (Wildman–Crippen LogP) is 1.59. The molecule has 0 aliphatic heterocycles. The van der Waals surface area contributed by atoms with E-state index >= 15 is 0 Å². The zero-order chi connectivity index (χ0) is 18.3. The fourth-order valence-electron chi connectivity index (χ4n) is 2.34. The summed E-state index contributed by atoms with van der Waals surface area (Å²) in [6.45, 7) is 2.35. The number of hydrogen-bond donors (Lipinski definition) is 3. The number of rotatable bonds is 8. The van der Waals surface area contributed by atoms with Crippen molar-refractivity contribution < 1.29 is 13.2 Å². The van der Waals surface area contributed by atoms with Gasteiger partial charge in [-0.15, -0.1) is 12.4 Å². The lowest BCUT2D eigenvalue weighted by atomic mass is 10.1. The minimum absolute atomic E-state index is 0. The Balaban J connectivity index is 0.00000338. The molecule has 2 rings (SSSR count). The molecule has 2 aromatic rings. The van der Waals surface area contributed by atoms with Gasteiger partial charge in [0.2, 0.25) is 15.9 Å². The average Bonchev–Trinajstić information content (AvgIpc) is 2.61. The maximum absolute atomic E-state index is 12.1. The van der Waals surface area contributed by atoms with Gasteiger partial charge in [-0.25, -0.2) is 13.1 Å². The van der Waals surface area contributed by atoms with E-state index in [9.17, 15) is 13.2 Å². The van der Waals surface area contributed by atoms with Crippen LogP contribution in [0, 0.1) is 0 Å². The zero-order valence-electron chi connectivity index (χ0n) is 14.5. The van der Waals surface area contributed by atoms with Crippen LogP contribution >= 0.6 is 12.4 Å². The summed E-state index contributed by atoms with van der Waals surface area (Å²) in [5.41, 5.74) is 7.73. The Morgan fingerprint density at radius 2 is 1.65 bits per heavy atom. The van der Waals surface area contributed by atoms with Gasteiger partial charge in [0.25, 0.3) is 0 Å². The standard InChI is InChI=1S/C18H23N3O3S.ClH/c1-2-21-25(23,24)16-10-8-15(9-11-16)13-20-18(22)17(19)12-14-6-4-3-5-7-14;/h3-11,17,21H,2,12-13,19H2,1H3,(H,20,22);1H/t17-;/m0./s1. The monoisotopic (exact) mass is 397 g/mol. The van der Waals surface area contributed by atoms with E-state index in [0.717, 1.165) is 11.1 Å². The van der Waals surface area contributed by atoms with Crippen molar-refractivity contribution in [2.75, 3.05) is 6.54 Å². The highest BCUT2D eigenvalue weighted by Gasteiger charge is 2.14. The Morgan fingerprint density at radius 1 is 1.04 bits per heavy atom. The Morgan fingerprint density at radius 3 is 2.23 bits per heavy atom. The lowest BCUT2D eigenvalue weighted by Gasteiger charge is -2.13. The van der Waals surface area contributed by atoms with Gasteiger partial charge in [-0.1, -0.05) is 49.4 Å². The van der Waals surface area contributed by atoms with Gasteiger partial charge < -0.3 is 11.1 Å². The first-order valence-corrected chi connectivity index (χ1v) is 9.56. The summed E-state index contributed by atoms with van der Waals surface area (Å²) in [6.07, 6.45) is 0.465. The second-order valence-electron chi connectivity index (χ2n) is 5.66. The summed E-state index contributed by atoms with van der Waals surface area (Å²) < 4.78 is 26.2. The molecule has 0 radical (unpaired) electrons. The van der Waals surface area contributed by atoms with E-state index < -0.39 is 16.1 Å². The van der Waals surface area contributed by atoms with Crippen molar-refractivity contribution in [2.24, 2.45) is 5.73 Å². The van der Waals surface area contributed by atoms with Gasteiger partial charge in [-0.2, -0.15) is 0 Å². The maximum atomic E-state index is 12.1. The van der Waals surface area contributed by atoms with Crippen molar-refractivity contribution in [1.29, 1.82) is 0 Å². The number of nitrogens with two attached hydrogens (primary N) is 1. The first-order valence-electron chi connectivity index (χ1n) is 8.08. The molecular weight excluding hydrogens is 374 g/mol. The molecule has 0 aliphatic rings. The number of amides is 1. The van der Waals surface area contributed by atoms with Crippen LogP contribution in [0.4, 0.5) is 0 Å². The molecule has 0 aromatic heterocycles. The van der Waals surface area contributed by atoms with Gasteiger partial charge >= 0.3 is 0 Å².